The highest BCUT2D eigenvalue weighted by molar-refractivity contribution is 6.32. The van der Waals surface area contributed by atoms with E-state index < -0.39 is 0 Å². The molecule has 0 aliphatic carbocycles. The standard InChI is InChI=1S/C14H13Cl2NO2/c1-18-13-7-10(8-15)6-12(16)14(13)19-9-11-4-2-3-5-17-11/h2-7H,8-9H2,1H3. The lowest BCUT2D eigenvalue weighted by Crippen LogP contribution is -2.00. The number of nitrogens with zero attached hydrogens (tertiary/aromatic N) is 1. The Bertz CT molecular complexity index is 547. The van der Waals surface area contributed by atoms with Gasteiger partial charge in [-0.3, -0.25) is 4.98 Å². The van der Waals surface area contributed by atoms with Gasteiger partial charge < -0.3 is 9.47 Å². The summed E-state index contributed by atoms with van der Waals surface area (Å²) < 4.78 is 11.0. The largest absolute Gasteiger partial charge is 0.493 e. The molecule has 0 spiro atoms. The van der Waals surface area contributed by atoms with Gasteiger partial charge in [0.2, 0.25) is 0 Å². The molecular formula is C14H13Cl2NO2. The maximum atomic E-state index is 6.17. The van der Waals surface area contributed by atoms with Crippen LogP contribution in [-0.4, -0.2) is 12.1 Å². The van der Waals surface area contributed by atoms with Crippen molar-refractivity contribution in [2.24, 2.45) is 0 Å². The molecule has 0 unspecified atom stereocenters. The Hall–Kier alpha value is -1.45. The zero-order chi connectivity index (χ0) is 13.7. The number of halogens is 2. The van der Waals surface area contributed by atoms with Crippen LogP contribution in [0.4, 0.5) is 0 Å². The van der Waals surface area contributed by atoms with Gasteiger partial charge in [0.15, 0.2) is 11.5 Å². The molecule has 5 heteroatoms. The van der Waals surface area contributed by atoms with Crippen LogP contribution in [0.15, 0.2) is 36.5 Å². The molecule has 0 atom stereocenters. The molecule has 1 aromatic carbocycles. The van der Waals surface area contributed by atoms with E-state index in [1.165, 1.54) is 0 Å². The van der Waals surface area contributed by atoms with Crippen LogP contribution in [0.5, 0.6) is 11.5 Å². The molecule has 0 amide bonds. The van der Waals surface area contributed by atoms with Crippen molar-refractivity contribution in [1.29, 1.82) is 0 Å². The summed E-state index contributed by atoms with van der Waals surface area (Å²) in [4.78, 5) is 4.18. The maximum absolute atomic E-state index is 6.17. The fourth-order valence-electron chi connectivity index (χ4n) is 1.62. The van der Waals surface area contributed by atoms with Gasteiger partial charge >= 0.3 is 0 Å². The van der Waals surface area contributed by atoms with Gasteiger partial charge in [-0.15, -0.1) is 11.6 Å². The monoisotopic (exact) mass is 297 g/mol. The Kier molecular flexibility index (Phi) is 4.88. The summed E-state index contributed by atoms with van der Waals surface area (Å²) in [5.41, 5.74) is 1.70. The predicted molar refractivity (Wildman–Crippen MR) is 76.1 cm³/mol. The summed E-state index contributed by atoms with van der Waals surface area (Å²) in [5, 5.41) is 0.478. The molecular weight excluding hydrogens is 285 g/mol. The fraction of sp³-hybridized carbons (Fsp3) is 0.214. The third kappa shape index (κ3) is 3.52. The smallest absolute Gasteiger partial charge is 0.180 e. The summed E-state index contributed by atoms with van der Waals surface area (Å²) in [6.45, 7) is 0.330. The van der Waals surface area contributed by atoms with Crippen LogP contribution in [-0.2, 0) is 12.5 Å². The maximum Gasteiger partial charge on any atom is 0.180 e. The summed E-state index contributed by atoms with van der Waals surface area (Å²) in [6, 6.07) is 9.22. The molecule has 3 nitrogen and oxygen atoms in total. The Labute approximate surface area is 122 Å². The minimum atomic E-state index is 0.330. The van der Waals surface area contributed by atoms with Crippen LogP contribution in [0.3, 0.4) is 0 Å². The average molecular weight is 298 g/mol. The number of hydrogen-bond donors (Lipinski definition) is 0. The van der Waals surface area contributed by atoms with Crippen LogP contribution in [0.2, 0.25) is 5.02 Å². The molecule has 0 saturated heterocycles. The fourth-order valence-corrected chi connectivity index (χ4v) is 2.06. The highest BCUT2D eigenvalue weighted by Crippen LogP contribution is 2.37. The van der Waals surface area contributed by atoms with Gasteiger partial charge in [-0.05, 0) is 29.8 Å². The van der Waals surface area contributed by atoms with Crippen molar-refractivity contribution in [2.75, 3.05) is 7.11 Å². The first kappa shape index (κ1) is 14.0. The van der Waals surface area contributed by atoms with Crippen LogP contribution < -0.4 is 9.47 Å². The van der Waals surface area contributed by atoms with Crippen molar-refractivity contribution < 1.29 is 9.47 Å². The lowest BCUT2D eigenvalue weighted by Gasteiger charge is -2.13. The number of hydrogen-bond acceptors (Lipinski definition) is 3. The molecule has 2 aromatic rings. The molecule has 1 aromatic heterocycles. The third-order valence-electron chi connectivity index (χ3n) is 2.53. The van der Waals surface area contributed by atoms with Gasteiger partial charge in [-0.25, -0.2) is 0 Å². The Morgan fingerprint density at radius 3 is 2.74 bits per heavy atom. The molecule has 19 heavy (non-hydrogen) atoms. The molecule has 0 aliphatic heterocycles. The second-order valence-electron chi connectivity index (χ2n) is 3.85. The molecule has 0 fully saturated rings. The molecule has 0 N–H and O–H groups in total. The first-order valence-electron chi connectivity index (χ1n) is 5.69. The van der Waals surface area contributed by atoms with Gasteiger partial charge in [0.25, 0.3) is 0 Å². The van der Waals surface area contributed by atoms with Gasteiger partial charge in [-0.1, -0.05) is 17.7 Å². The zero-order valence-corrected chi connectivity index (χ0v) is 11.9. The summed E-state index contributed by atoms with van der Waals surface area (Å²) in [7, 11) is 1.57. The molecule has 0 radical (unpaired) electrons. The Morgan fingerprint density at radius 1 is 1.26 bits per heavy atom. The predicted octanol–water partition coefficient (Wildman–Crippen LogP) is 4.06. The highest BCUT2D eigenvalue weighted by atomic mass is 35.5. The Balaban J connectivity index is 2.20. The van der Waals surface area contributed by atoms with Crippen molar-refractivity contribution in [1.82, 2.24) is 4.98 Å². The minimum absolute atomic E-state index is 0.330. The van der Waals surface area contributed by atoms with Crippen LogP contribution in [0.25, 0.3) is 0 Å². The van der Waals surface area contributed by atoms with Crippen molar-refractivity contribution in [2.45, 2.75) is 12.5 Å². The summed E-state index contributed by atoms with van der Waals surface area (Å²) >= 11 is 12.0. The lowest BCUT2D eigenvalue weighted by atomic mass is 10.2. The zero-order valence-electron chi connectivity index (χ0n) is 10.4. The van der Waals surface area contributed by atoms with E-state index in [1.807, 2.05) is 24.3 Å². The van der Waals surface area contributed by atoms with E-state index in [2.05, 4.69) is 4.98 Å². The Morgan fingerprint density at radius 2 is 2.11 bits per heavy atom. The van der Waals surface area contributed by atoms with Crippen molar-refractivity contribution in [3.63, 3.8) is 0 Å². The van der Waals surface area contributed by atoms with Gasteiger partial charge in [0.1, 0.15) is 6.61 Å². The number of ether oxygens (including phenoxy) is 2. The van der Waals surface area contributed by atoms with Gasteiger partial charge in [0.05, 0.1) is 17.8 Å². The third-order valence-corrected chi connectivity index (χ3v) is 3.12. The van der Waals surface area contributed by atoms with Crippen molar-refractivity contribution in [3.8, 4) is 11.5 Å². The quantitative estimate of drug-likeness (QED) is 0.780. The van der Waals surface area contributed by atoms with Crippen LogP contribution in [0, 0.1) is 0 Å². The average Bonchev–Trinajstić information content (AvgIpc) is 2.46. The molecule has 0 saturated carbocycles. The lowest BCUT2D eigenvalue weighted by molar-refractivity contribution is 0.281. The van der Waals surface area contributed by atoms with Crippen molar-refractivity contribution in [3.05, 3.63) is 52.8 Å². The molecule has 1 heterocycles. The SMILES string of the molecule is COc1cc(CCl)cc(Cl)c1OCc1ccccn1. The molecule has 0 bridgehead atoms. The first-order chi connectivity index (χ1) is 9.24. The van der Waals surface area contributed by atoms with E-state index in [-0.39, 0.29) is 0 Å². The van der Waals surface area contributed by atoms with E-state index >= 15 is 0 Å². The van der Waals surface area contributed by atoms with E-state index in [9.17, 15) is 0 Å². The van der Waals surface area contributed by atoms with Gasteiger partial charge in [-0.2, -0.15) is 0 Å². The number of benzene rings is 1. The number of pyridine rings is 1. The van der Waals surface area contributed by atoms with E-state index in [0.29, 0.717) is 29.0 Å². The van der Waals surface area contributed by atoms with Crippen LogP contribution >= 0.6 is 23.2 Å². The molecule has 100 valence electrons. The first-order valence-corrected chi connectivity index (χ1v) is 6.61. The second kappa shape index (κ2) is 6.64. The van der Waals surface area contributed by atoms with E-state index in [0.717, 1.165) is 11.3 Å². The molecule has 2 rings (SSSR count). The number of rotatable bonds is 5. The number of aromatic nitrogens is 1. The van der Waals surface area contributed by atoms with Gasteiger partial charge in [0, 0.05) is 12.1 Å². The topological polar surface area (TPSA) is 31.4 Å². The van der Waals surface area contributed by atoms with E-state index in [1.54, 1.807) is 19.4 Å². The second-order valence-corrected chi connectivity index (χ2v) is 4.53. The van der Waals surface area contributed by atoms with E-state index in [4.69, 9.17) is 32.7 Å². The highest BCUT2D eigenvalue weighted by Gasteiger charge is 2.12. The molecule has 0 aliphatic rings. The summed E-state index contributed by atoms with van der Waals surface area (Å²) in [6.07, 6.45) is 1.72. The van der Waals surface area contributed by atoms with Crippen molar-refractivity contribution >= 4 is 23.2 Å². The minimum Gasteiger partial charge on any atom is -0.493 e. The number of methoxy groups -OCH3 is 1. The summed E-state index contributed by atoms with van der Waals surface area (Å²) in [5.74, 6) is 1.44. The number of alkyl halides is 1. The normalized spacial score (nSPS) is 10.3. The van der Waals surface area contributed by atoms with Crippen LogP contribution in [0.1, 0.15) is 11.3 Å².